The van der Waals surface area contributed by atoms with Gasteiger partial charge >= 0.3 is 0 Å². The van der Waals surface area contributed by atoms with Gasteiger partial charge in [0, 0.05) is 5.69 Å². The molecule has 0 unspecified atom stereocenters. The van der Waals surface area contributed by atoms with Crippen LogP contribution in [0.3, 0.4) is 0 Å². The van der Waals surface area contributed by atoms with Crippen molar-refractivity contribution in [2.24, 2.45) is 0 Å². The molecule has 6 nitrogen and oxygen atoms in total. The molecule has 0 saturated carbocycles. The number of carbonyl (C=O) groups excluding carboxylic acids is 2. The molecule has 6 heteroatoms. The molecule has 2 aromatic rings. The summed E-state index contributed by atoms with van der Waals surface area (Å²) in [6.07, 6.45) is 1.01. The molecule has 0 fully saturated rings. The van der Waals surface area contributed by atoms with Crippen LogP contribution in [0.1, 0.15) is 45.7 Å². The maximum Gasteiger partial charge on any atom is 0.278 e. The zero-order valence-corrected chi connectivity index (χ0v) is 19.5. The van der Waals surface area contributed by atoms with Crippen LogP contribution in [0.5, 0.6) is 5.75 Å². The van der Waals surface area contributed by atoms with Crippen LogP contribution < -0.4 is 10.1 Å². The van der Waals surface area contributed by atoms with Crippen LogP contribution >= 0.6 is 0 Å². The lowest BCUT2D eigenvalue weighted by atomic mass is 10.0. The van der Waals surface area contributed by atoms with E-state index in [0.717, 1.165) is 12.1 Å². The highest BCUT2D eigenvalue weighted by atomic mass is 16.5. The zero-order valence-electron chi connectivity index (χ0n) is 19.5. The number of anilines is 1. The minimum Gasteiger partial charge on any atom is -0.491 e. The van der Waals surface area contributed by atoms with Crippen molar-refractivity contribution in [1.29, 1.82) is 0 Å². The topological polar surface area (TPSA) is 67.9 Å². The van der Waals surface area contributed by atoms with Crippen LogP contribution in [0.4, 0.5) is 5.69 Å². The maximum absolute atomic E-state index is 13.3. The lowest BCUT2D eigenvalue weighted by Gasteiger charge is -2.16. The first-order valence-electron chi connectivity index (χ1n) is 11.1. The van der Waals surface area contributed by atoms with Crippen molar-refractivity contribution in [2.75, 3.05) is 18.5 Å². The zero-order chi connectivity index (χ0) is 23.3. The third kappa shape index (κ3) is 5.56. The molecule has 0 spiro atoms. The Morgan fingerprint density at radius 2 is 1.53 bits per heavy atom. The van der Waals surface area contributed by atoms with Crippen molar-refractivity contribution in [1.82, 2.24) is 4.90 Å². The number of nitrogens with one attached hydrogen (secondary N) is 1. The number of benzene rings is 2. The summed E-state index contributed by atoms with van der Waals surface area (Å²) >= 11 is 0. The summed E-state index contributed by atoms with van der Waals surface area (Å²) in [5, 5.41) is 3.19. The molecular weight excluding hydrogens is 404 g/mol. The molecule has 2 amide bonds. The van der Waals surface area contributed by atoms with E-state index in [1.54, 1.807) is 0 Å². The van der Waals surface area contributed by atoms with Crippen LogP contribution in [0.2, 0.25) is 0 Å². The van der Waals surface area contributed by atoms with E-state index < -0.39 is 0 Å². The number of ether oxygens (including phenoxy) is 2. The summed E-state index contributed by atoms with van der Waals surface area (Å²) in [5.41, 5.74) is 3.26. The van der Waals surface area contributed by atoms with E-state index in [9.17, 15) is 9.59 Å². The van der Waals surface area contributed by atoms with Crippen LogP contribution in [-0.4, -0.2) is 42.1 Å². The molecule has 0 atom stereocenters. The lowest BCUT2D eigenvalue weighted by Crippen LogP contribution is -2.35. The summed E-state index contributed by atoms with van der Waals surface area (Å²) in [5.74, 6) is 0.0416. The number of hydrogen-bond donors (Lipinski definition) is 1. The number of hydrogen-bond acceptors (Lipinski definition) is 5. The van der Waals surface area contributed by atoms with Crippen LogP contribution in [0, 0.1) is 0 Å². The minimum absolute atomic E-state index is 0.0263. The van der Waals surface area contributed by atoms with Gasteiger partial charge in [-0.05, 0) is 69.5 Å². The Hall–Kier alpha value is -3.12. The third-order valence-electron chi connectivity index (χ3n) is 5.08. The van der Waals surface area contributed by atoms with Gasteiger partial charge in [-0.25, -0.2) is 0 Å². The van der Waals surface area contributed by atoms with Crippen molar-refractivity contribution < 1.29 is 19.1 Å². The second kappa shape index (κ2) is 10.5. The molecule has 170 valence electrons. The Labute approximate surface area is 190 Å². The molecule has 0 radical (unpaired) electrons. The van der Waals surface area contributed by atoms with Gasteiger partial charge in [-0.3, -0.25) is 14.5 Å². The molecule has 0 aliphatic carbocycles. The average Bonchev–Trinajstić information content (AvgIpc) is 2.98. The predicted molar refractivity (Wildman–Crippen MR) is 126 cm³/mol. The number of imide groups is 1. The first-order chi connectivity index (χ1) is 15.3. The van der Waals surface area contributed by atoms with Crippen molar-refractivity contribution >= 4 is 23.1 Å². The van der Waals surface area contributed by atoms with Crippen LogP contribution in [-0.2, 0) is 20.7 Å². The highest BCUT2D eigenvalue weighted by Crippen LogP contribution is 2.31. The summed E-state index contributed by atoms with van der Waals surface area (Å²) in [6.45, 7) is 10.3. The van der Waals surface area contributed by atoms with E-state index in [2.05, 4.69) is 12.2 Å². The van der Waals surface area contributed by atoms with Gasteiger partial charge in [-0.2, -0.15) is 0 Å². The highest BCUT2D eigenvalue weighted by molar-refractivity contribution is 6.36. The van der Waals surface area contributed by atoms with E-state index in [4.69, 9.17) is 9.47 Å². The van der Waals surface area contributed by atoms with E-state index in [-0.39, 0.29) is 36.3 Å². The maximum atomic E-state index is 13.3. The quantitative estimate of drug-likeness (QED) is 0.549. The summed E-state index contributed by atoms with van der Waals surface area (Å²) in [4.78, 5) is 27.7. The second-order valence-electron chi connectivity index (χ2n) is 8.30. The first-order valence-corrected chi connectivity index (χ1v) is 11.1. The normalized spacial score (nSPS) is 14.2. The molecule has 2 aromatic carbocycles. The minimum atomic E-state index is -0.348. The van der Waals surface area contributed by atoms with Crippen molar-refractivity contribution in [3.05, 3.63) is 65.4 Å². The van der Waals surface area contributed by atoms with Gasteiger partial charge in [0.1, 0.15) is 11.4 Å². The van der Waals surface area contributed by atoms with E-state index in [1.807, 2.05) is 76.2 Å². The standard InChI is InChI=1S/C26H32N2O4/c1-6-19-7-11-21(12-8-19)27-24-23(20-9-13-22(14-10-20)32-18(4)5)25(29)28(26(24)30)15-16-31-17(2)3/h7-14,17-18,27H,6,15-16H2,1-5H3. The molecule has 3 rings (SSSR count). The number of nitrogens with zero attached hydrogens (tertiary/aromatic N) is 1. The monoisotopic (exact) mass is 436 g/mol. The third-order valence-corrected chi connectivity index (χ3v) is 5.08. The van der Waals surface area contributed by atoms with E-state index in [0.29, 0.717) is 23.5 Å². The van der Waals surface area contributed by atoms with Gasteiger partial charge in [0.25, 0.3) is 11.8 Å². The smallest absolute Gasteiger partial charge is 0.278 e. The molecule has 0 bridgehead atoms. The Bertz CT molecular complexity index is 976. The SMILES string of the molecule is CCc1ccc(NC2=C(c3ccc(OC(C)C)cc3)C(=O)N(CCOC(C)C)C2=O)cc1. The van der Waals surface area contributed by atoms with E-state index >= 15 is 0 Å². The summed E-state index contributed by atoms with van der Waals surface area (Å²) in [6, 6.07) is 15.1. The van der Waals surface area contributed by atoms with Gasteiger partial charge in [-0.1, -0.05) is 31.2 Å². The molecule has 1 aliphatic rings. The van der Waals surface area contributed by atoms with Crippen molar-refractivity contribution in [3.63, 3.8) is 0 Å². The molecule has 32 heavy (non-hydrogen) atoms. The highest BCUT2D eigenvalue weighted by Gasteiger charge is 2.39. The summed E-state index contributed by atoms with van der Waals surface area (Å²) in [7, 11) is 0. The Kier molecular flexibility index (Phi) is 7.70. The van der Waals surface area contributed by atoms with Gasteiger partial charge in [0.15, 0.2) is 0 Å². The molecule has 0 saturated heterocycles. The second-order valence-corrected chi connectivity index (χ2v) is 8.30. The van der Waals surface area contributed by atoms with Gasteiger partial charge in [0.05, 0.1) is 30.9 Å². The number of rotatable bonds is 10. The van der Waals surface area contributed by atoms with Crippen molar-refractivity contribution in [2.45, 2.75) is 53.2 Å². The van der Waals surface area contributed by atoms with Crippen molar-refractivity contribution in [3.8, 4) is 5.75 Å². The van der Waals surface area contributed by atoms with Crippen LogP contribution in [0.25, 0.3) is 5.57 Å². The van der Waals surface area contributed by atoms with E-state index in [1.165, 1.54) is 10.5 Å². The fourth-order valence-corrected chi connectivity index (χ4v) is 3.48. The molecular formula is C26H32N2O4. The molecule has 1 aliphatic heterocycles. The first kappa shape index (κ1) is 23.5. The Morgan fingerprint density at radius 1 is 0.875 bits per heavy atom. The molecule has 0 aromatic heterocycles. The Morgan fingerprint density at radius 3 is 2.09 bits per heavy atom. The number of carbonyl (C=O) groups is 2. The van der Waals surface area contributed by atoms with Gasteiger partial charge < -0.3 is 14.8 Å². The number of aryl methyl sites for hydroxylation is 1. The van der Waals surface area contributed by atoms with Gasteiger partial charge in [-0.15, -0.1) is 0 Å². The predicted octanol–water partition coefficient (Wildman–Crippen LogP) is 4.65. The lowest BCUT2D eigenvalue weighted by molar-refractivity contribution is -0.137. The Balaban J connectivity index is 1.93. The molecule has 1 N–H and O–H groups in total. The fourth-order valence-electron chi connectivity index (χ4n) is 3.48. The largest absolute Gasteiger partial charge is 0.491 e. The fraction of sp³-hybridized carbons (Fsp3) is 0.385. The number of amides is 2. The summed E-state index contributed by atoms with van der Waals surface area (Å²) < 4.78 is 11.3. The average molecular weight is 437 g/mol. The molecule has 1 heterocycles. The van der Waals surface area contributed by atoms with Crippen LogP contribution in [0.15, 0.2) is 54.2 Å². The van der Waals surface area contributed by atoms with Gasteiger partial charge in [0.2, 0.25) is 0 Å².